The molecule has 0 aliphatic carbocycles. The minimum absolute atomic E-state index is 0.405. The van der Waals surface area contributed by atoms with Crippen LogP contribution in [-0.2, 0) is 4.74 Å². The maximum absolute atomic E-state index is 5.43. The van der Waals surface area contributed by atoms with E-state index in [0.717, 1.165) is 32.4 Å². The molecule has 2 heteroatoms. The molecule has 1 aliphatic heterocycles. The molecule has 0 amide bonds. The number of nitrogens with one attached hydrogen (secondary N) is 1. The molecule has 1 saturated heterocycles. The van der Waals surface area contributed by atoms with Crippen LogP contribution in [0.3, 0.4) is 0 Å². The van der Waals surface area contributed by atoms with Gasteiger partial charge in [0.25, 0.3) is 0 Å². The molecule has 2 atom stereocenters. The van der Waals surface area contributed by atoms with E-state index in [2.05, 4.69) is 18.2 Å². The molecule has 1 fully saturated rings. The predicted molar refractivity (Wildman–Crippen MR) is 49.9 cm³/mol. The van der Waals surface area contributed by atoms with Gasteiger partial charge < -0.3 is 10.1 Å². The van der Waals surface area contributed by atoms with Crippen LogP contribution in [-0.4, -0.2) is 25.3 Å². The number of terminal acetylenes is 1. The Morgan fingerprint density at radius 1 is 1.67 bits per heavy atom. The maximum atomic E-state index is 5.43. The van der Waals surface area contributed by atoms with Crippen molar-refractivity contribution in [3.8, 4) is 12.3 Å². The van der Waals surface area contributed by atoms with Crippen molar-refractivity contribution < 1.29 is 4.74 Å². The van der Waals surface area contributed by atoms with Crippen LogP contribution in [0.4, 0.5) is 0 Å². The van der Waals surface area contributed by atoms with E-state index >= 15 is 0 Å². The van der Waals surface area contributed by atoms with E-state index in [1.54, 1.807) is 0 Å². The van der Waals surface area contributed by atoms with E-state index in [1.165, 1.54) is 0 Å². The lowest BCUT2D eigenvalue weighted by Crippen LogP contribution is -2.38. The molecule has 12 heavy (non-hydrogen) atoms. The Hall–Kier alpha value is -0.520. The van der Waals surface area contributed by atoms with E-state index in [0.29, 0.717) is 12.1 Å². The first kappa shape index (κ1) is 9.57. The molecular weight excluding hydrogens is 150 g/mol. The van der Waals surface area contributed by atoms with Gasteiger partial charge in [0.15, 0.2) is 0 Å². The van der Waals surface area contributed by atoms with Crippen molar-refractivity contribution in [3.63, 3.8) is 0 Å². The Morgan fingerprint density at radius 2 is 2.50 bits per heavy atom. The Kier molecular flexibility index (Phi) is 4.13. The maximum Gasteiger partial charge on any atom is 0.0561 e. The summed E-state index contributed by atoms with van der Waals surface area (Å²) in [6.45, 7) is 3.94. The first-order valence-corrected chi connectivity index (χ1v) is 4.61. The summed E-state index contributed by atoms with van der Waals surface area (Å²) in [5.74, 6) is 2.62. The molecule has 68 valence electrons. The van der Waals surface area contributed by atoms with E-state index in [-0.39, 0.29) is 0 Å². The SMILES string of the molecule is C#CCCNC1CCOC(C)C1. The first-order chi connectivity index (χ1) is 5.83. The zero-order valence-corrected chi connectivity index (χ0v) is 7.68. The second kappa shape index (κ2) is 5.18. The molecule has 2 nitrogen and oxygen atoms in total. The fraction of sp³-hybridized carbons (Fsp3) is 0.800. The summed E-state index contributed by atoms with van der Waals surface area (Å²) in [5, 5.41) is 3.43. The van der Waals surface area contributed by atoms with Gasteiger partial charge in [0, 0.05) is 25.6 Å². The summed E-state index contributed by atoms with van der Waals surface area (Å²) in [6.07, 6.45) is 8.62. The van der Waals surface area contributed by atoms with Gasteiger partial charge in [0.1, 0.15) is 0 Å². The number of rotatable bonds is 3. The Bertz CT molecular complexity index is 162. The highest BCUT2D eigenvalue weighted by Crippen LogP contribution is 2.12. The van der Waals surface area contributed by atoms with E-state index in [4.69, 9.17) is 11.2 Å². The summed E-state index contributed by atoms with van der Waals surface area (Å²) in [4.78, 5) is 0. The van der Waals surface area contributed by atoms with Crippen LogP contribution in [0.5, 0.6) is 0 Å². The van der Waals surface area contributed by atoms with Crippen LogP contribution in [0.25, 0.3) is 0 Å². The summed E-state index contributed by atoms with van der Waals surface area (Å²) in [5.41, 5.74) is 0. The van der Waals surface area contributed by atoms with Gasteiger partial charge in [-0.25, -0.2) is 0 Å². The highest BCUT2D eigenvalue weighted by molar-refractivity contribution is 4.85. The van der Waals surface area contributed by atoms with Crippen molar-refractivity contribution in [1.29, 1.82) is 0 Å². The Balaban J connectivity index is 2.11. The van der Waals surface area contributed by atoms with Crippen LogP contribution in [0.1, 0.15) is 26.2 Å². The third-order valence-electron chi connectivity index (χ3n) is 2.19. The third-order valence-corrected chi connectivity index (χ3v) is 2.19. The standard InChI is InChI=1S/C10H17NO/c1-3-4-6-11-10-5-7-12-9(2)8-10/h1,9-11H,4-8H2,2H3. The third kappa shape index (κ3) is 3.25. The summed E-state index contributed by atoms with van der Waals surface area (Å²) in [7, 11) is 0. The minimum atomic E-state index is 0.405. The molecule has 1 heterocycles. The Morgan fingerprint density at radius 3 is 3.17 bits per heavy atom. The molecule has 0 aromatic heterocycles. The fourth-order valence-electron chi connectivity index (χ4n) is 1.53. The van der Waals surface area contributed by atoms with Gasteiger partial charge in [-0.1, -0.05) is 0 Å². The zero-order chi connectivity index (χ0) is 8.81. The van der Waals surface area contributed by atoms with Crippen LogP contribution in [0.15, 0.2) is 0 Å². The largest absolute Gasteiger partial charge is 0.378 e. The lowest BCUT2D eigenvalue weighted by atomic mass is 10.0. The second-order valence-electron chi connectivity index (χ2n) is 3.31. The average molecular weight is 167 g/mol. The van der Waals surface area contributed by atoms with Crippen molar-refractivity contribution in [1.82, 2.24) is 5.32 Å². The summed E-state index contributed by atoms with van der Waals surface area (Å²) >= 11 is 0. The molecule has 2 unspecified atom stereocenters. The number of ether oxygens (including phenoxy) is 1. The van der Waals surface area contributed by atoms with Gasteiger partial charge in [-0.15, -0.1) is 12.3 Å². The lowest BCUT2D eigenvalue weighted by molar-refractivity contribution is 0.0135. The summed E-state index contributed by atoms with van der Waals surface area (Å²) < 4.78 is 5.43. The molecule has 0 saturated carbocycles. The quantitative estimate of drug-likeness (QED) is 0.503. The molecule has 1 aliphatic rings. The van der Waals surface area contributed by atoms with E-state index < -0.39 is 0 Å². The molecule has 0 radical (unpaired) electrons. The Labute approximate surface area is 74.7 Å². The van der Waals surface area contributed by atoms with Gasteiger partial charge in [0.05, 0.1) is 6.10 Å². The second-order valence-corrected chi connectivity index (χ2v) is 3.31. The van der Waals surface area contributed by atoms with Gasteiger partial charge in [-0.05, 0) is 19.8 Å². The zero-order valence-electron chi connectivity index (χ0n) is 7.68. The van der Waals surface area contributed by atoms with Gasteiger partial charge in [-0.2, -0.15) is 0 Å². The van der Waals surface area contributed by atoms with Crippen molar-refractivity contribution in [2.45, 2.75) is 38.3 Å². The molecular formula is C10H17NO. The smallest absolute Gasteiger partial charge is 0.0561 e. The van der Waals surface area contributed by atoms with E-state index in [1.807, 2.05) is 0 Å². The first-order valence-electron chi connectivity index (χ1n) is 4.61. The van der Waals surface area contributed by atoms with Crippen molar-refractivity contribution in [3.05, 3.63) is 0 Å². The van der Waals surface area contributed by atoms with Crippen molar-refractivity contribution in [2.24, 2.45) is 0 Å². The average Bonchev–Trinajstić information content (AvgIpc) is 2.05. The number of hydrogen-bond acceptors (Lipinski definition) is 2. The molecule has 1 rings (SSSR count). The van der Waals surface area contributed by atoms with Gasteiger partial charge >= 0.3 is 0 Å². The van der Waals surface area contributed by atoms with Crippen LogP contribution in [0, 0.1) is 12.3 Å². The molecule has 0 aromatic carbocycles. The van der Waals surface area contributed by atoms with Crippen LogP contribution >= 0.6 is 0 Å². The van der Waals surface area contributed by atoms with Gasteiger partial charge in [0.2, 0.25) is 0 Å². The fourth-order valence-corrected chi connectivity index (χ4v) is 1.53. The highest BCUT2D eigenvalue weighted by Gasteiger charge is 2.17. The van der Waals surface area contributed by atoms with Crippen LogP contribution < -0.4 is 5.32 Å². The minimum Gasteiger partial charge on any atom is -0.378 e. The normalized spacial score (nSPS) is 29.7. The highest BCUT2D eigenvalue weighted by atomic mass is 16.5. The number of hydrogen-bond donors (Lipinski definition) is 1. The molecule has 0 bridgehead atoms. The topological polar surface area (TPSA) is 21.3 Å². The van der Waals surface area contributed by atoms with Crippen molar-refractivity contribution in [2.75, 3.05) is 13.2 Å². The van der Waals surface area contributed by atoms with Crippen LogP contribution in [0.2, 0.25) is 0 Å². The summed E-state index contributed by atoms with van der Waals surface area (Å²) in [6, 6.07) is 0.613. The molecule has 0 aromatic rings. The van der Waals surface area contributed by atoms with Gasteiger partial charge in [-0.3, -0.25) is 0 Å². The predicted octanol–water partition coefficient (Wildman–Crippen LogP) is 1.17. The molecule has 1 N–H and O–H groups in total. The van der Waals surface area contributed by atoms with Crippen molar-refractivity contribution >= 4 is 0 Å². The monoisotopic (exact) mass is 167 g/mol. The lowest BCUT2D eigenvalue weighted by Gasteiger charge is -2.27. The molecule has 0 spiro atoms. The van der Waals surface area contributed by atoms with E-state index in [9.17, 15) is 0 Å².